The number of aromatic nitrogens is 1. The Labute approximate surface area is 116 Å². The van der Waals surface area contributed by atoms with Gasteiger partial charge in [0.05, 0.1) is 24.9 Å². The van der Waals surface area contributed by atoms with E-state index in [1.165, 1.54) is 7.11 Å². The van der Waals surface area contributed by atoms with Crippen molar-refractivity contribution < 1.29 is 19.4 Å². The van der Waals surface area contributed by atoms with Crippen LogP contribution in [0.25, 0.3) is 10.9 Å². The molecule has 0 spiro atoms. The van der Waals surface area contributed by atoms with E-state index in [9.17, 15) is 4.79 Å². The zero-order chi connectivity index (χ0) is 14.7. The van der Waals surface area contributed by atoms with Gasteiger partial charge in [-0.25, -0.2) is 0 Å². The Morgan fingerprint density at radius 3 is 2.75 bits per heavy atom. The Balaban J connectivity index is 2.55. The molecule has 2 N–H and O–H groups in total. The van der Waals surface area contributed by atoms with Crippen molar-refractivity contribution in [1.29, 1.82) is 0 Å². The lowest BCUT2D eigenvalue weighted by molar-refractivity contribution is -0.139. The topological polar surface area (TPSA) is 71.6 Å². The SMILES string of the molecule is C=C(C)OC(CC(=O)O)c1c(OC)[nH]c2ccccc12. The van der Waals surface area contributed by atoms with Crippen molar-refractivity contribution in [1.82, 2.24) is 4.98 Å². The quantitative estimate of drug-likeness (QED) is 0.794. The summed E-state index contributed by atoms with van der Waals surface area (Å²) < 4.78 is 10.9. The number of rotatable bonds is 6. The Hall–Kier alpha value is -2.43. The standard InChI is InChI=1S/C15H17NO4/c1-9(2)20-12(8-13(17)18)14-10-6-4-5-7-11(10)16-15(14)19-3/h4-7,12,16H,1,8H2,2-3H3,(H,17,18). The van der Waals surface area contributed by atoms with Gasteiger partial charge in [0.1, 0.15) is 6.10 Å². The number of nitrogens with one attached hydrogen (secondary N) is 1. The third kappa shape index (κ3) is 2.77. The van der Waals surface area contributed by atoms with Gasteiger partial charge in [0.15, 0.2) is 5.88 Å². The number of hydrogen-bond acceptors (Lipinski definition) is 3. The second-order valence-electron chi connectivity index (χ2n) is 4.52. The second-order valence-corrected chi connectivity index (χ2v) is 4.52. The second kappa shape index (κ2) is 5.69. The van der Waals surface area contributed by atoms with Crippen molar-refractivity contribution in [2.45, 2.75) is 19.4 Å². The third-order valence-electron chi connectivity index (χ3n) is 2.94. The fraction of sp³-hybridized carbons (Fsp3) is 0.267. The van der Waals surface area contributed by atoms with Gasteiger partial charge in [0.2, 0.25) is 0 Å². The highest BCUT2D eigenvalue weighted by atomic mass is 16.5. The van der Waals surface area contributed by atoms with Crippen LogP contribution in [0.3, 0.4) is 0 Å². The van der Waals surface area contributed by atoms with Crippen LogP contribution < -0.4 is 4.74 Å². The summed E-state index contributed by atoms with van der Waals surface area (Å²) in [6, 6.07) is 7.59. The Morgan fingerprint density at radius 1 is 1.45 bits per heavy atom. The predicted octanol–water partition coefficient (Wildman–Crippen LogP) is 3.24. The van der Waals surface area contributed by atoms with Crippen LogP contribution in [-0.4, -0.2) is 23.2 Å². The van der Waals surface area contributed by atoms with E-state index in [0.717, 1.165) is 10.9 Å². The molecule has 5 nitrogen and oxygen atoms in total. The number of aliphatic carboxylic acids is 1. The number of aromatic amines is 1. The number of H-pyrrole nitrogens is 1. The normalized spacial score (nSPS) is 12.1. The molecule has 0 saturated heterocycles. The number of hydrogen-bond donors (Lipinski definition) is 2. The number of carboxylic acids is 1. The highest BCUT2D eigenvalue weighted by Crippen LogP contribution is 2.37. The van der Waals surface area contributed by atoms with E-state index in [-0.39, 0.29) is 6.42 Å². The first-order valence-electron chi connectivity index (χ1n) is 6.21. The molecule has 0 radical (unpaired) electrons. The van der Waals surface area contributed by atoms with Gasteiger partial charge in [-0.15, -0.1) is 0 Å². The summed E-state index contributed by atoms with van der Waals surface area (Å²) in [6.45, 7) is 5.37. The lowest BCUT2D eigenvalue weighted by Crippen LogP contribution is -2.10. The minimum atomic E-state index is -0.941. The van der Waals surface area contributed by atoms with Crippen molar-refractivity contribution in [3.8, 4) is 5.88 Å². The van der Waals surface area contributed by atoms with E-state index < -0.39 is 12.1 Å². The molecule has 0 amide bonds. The fourth-order valence-electron chi connectivity index (χ4n) is 2.22. The largest absolute Gasteiger partial charge is 0.490 e. The molecule has 20 heavy (non-hydrogen) atoms. The van der Waals surface area contributed by atoms with E-state index >= 15 is 0 Å². The molecular formula is C15H17NO4. The molecule has 1 aromatic heterocycles. The first-order valence-corrected chi connectivity index (χ1v) is 6.21. The molecule has 0 fully saturated rings. The summed E-state index contributed by atoms with van der Waals surface area (Å²) >= 11 is 0. The third-order valence-corrected chi connectivity index (χ3v) is 2.94. The van der Waals surface area contributed by atoms with Gasteiger partial charge in [0.25, 0.3) is 0 Å². The summed E-state index contributed by atoms with van der Waals surface area (Å²) in [5, 5.41) is 9.96. The molecule has 1 atom stereocenters. The maximum absolute atomic E-state index is 11.1. The zero-order valence-electron chi connectivity index (χ0n) is 11.5. The molecule has 0 aliphatic heterocycles. The molecule has 1 heterocycles. The molecule has 0 saturated carbocycles. The lowest BCUT2D eigenvalue weighted by Gasteiger charge is -2.18. The Morgan fingerprint density at radius 2 is 2.15 bits per heavy atom. The number of benzene rings is 1. The highest BCUT2D eigenvalue weighted by Gasteiger charge is 2.25. The van der Waals surface area contributed by atoms with Crippen molar-refractivity contribution in [2.24, 2.45) is 0 Å². The number of ether oxygens (including phenoxy) is 2. The van der Waals surface area contributed by atoms with E-state index in [1.54, 1.807) is 6.92 Å². The Bertz CT molecular complexity index is 628. The molecule has 0 aliphatic rings. The van der Waals surface area contributed by atoms with E-state index in [1.807, 2.05) is 24.3 Å². The average molecular weight is 275 g/mol. The first-order chi connectivity index (χ1) is 9.52. The number of fused-ring (bicyclic) bond motifs is 1. The lowest BCUT2D eigenvalue weighted by atomic mass is 10.0. The van der Waals surface area contributed by atoms with Crippen LogP contribution in [0.5, 0.6) is 5.88 Å². The molecule has 0 aliphatic carbocycles. The first kappa shape index (κ1) is 14.0. The predicted molar refractivity (Wildman–Crippen MR) is 75.7 cm³/mol. The smallest absolute Gasteiger partial charge is 0.307 e. The number of methoxy groups -OCH3 is 1. The van der Waals surface area contributed by atoms with Crippen LogP contribution in [-0.2, 0) is 9.53 Å². The van der Waals surface area contributed by atoms with Crippen LogP contribution >= 0.6 is 0 Å². The highest BCUT2D eigenvalue weighted by molar-refractivity contribution is 5.87. The van der Waals surface area contributed by atoms with Gasteiger partial charge < -0.3 is 19.6 Å². The van der Waals surface area contributed by atoms with Gasteiger partial charge in [-0.2, -0.15) is 0 Å². The fourth-order valence-corrected chi connectivity index (χ4v) is 2.22. The maximum atomic E-state index is 11.1. The zero-order valence-corrected chi connectivity index (χ0v) is 11.5. The minimum Gasteiger partial charge on any atom is -0.490 e. The summed E-state index contributed by atoms with van der Waals surface area (Å²) in [5.74, 6) is 0.0332. The number of carboxylic acid groups (broad SMARTS) is 1. The van der Waals surface area contributed by atoms with Crippen molar-refractivity contribution in [2.75, 3.05) is 7.11 Å². The monoisotopic (exact) mass is 275 g/mol. The summed E-state index contributed by atoms with van der Waals surface area (Å²) in [5.41, 5.74) is 1.58. The molecule has 0 bridgehead atoms. The minimum absolute atomic E-state index is 0.162. The van der Waals surface area contributed by atoms with Gasteiger partial charge in [0, 0.05) is 10.9 Å². The van der Waals surface area contributed by atoms with Crippen LogP contribution in [0.2, 0.25) is 0 Å². The number of allylic oxidation sites excluding steroid dienone is 1. The molecule has 2 aromatic rings. The van der Waals surface area contributed by atoms with Crippen molar-refractivity contribution in [3.05, 3.63) is 42.2 Å². The number of carbonyl (C=O) groups is 1. The van der Waals surface area contributed by atoms with E-state index in [4.69, 9.17) is 14.6 Å². The van der Waals surface area contributed by atoms with Crippen LogP contribution in [0.4, 0.5) is 0 Å². The number of para-hydroxylation sites is 1. The van der Waals surface area contributed by atoms with Gasteiger partial charge in [-0.05, 0) is 13.0 Å². The summed E-state index contributed by atoms with van der Waals surface area (Å²) in [6.07, 6.45) is -0.804. The molecule has 106 valence electrons. The molecular weight excluding hydrogens is 258 g/mol. The van der Waals surface area contributed by atoms with Gasteiger partial charge in [-0.3, -0.25) is 4.79 Å². The molecule has 1 unspecified atom stereocenters. The van der Waals surface area contributed by atoms with Gasteiger partial charge in [-0.1, -0.05) is 24.8 Å². The van der Waals surface area contributed by atoms with E-state index in [2.05, 4.69) is 11.6 Å². The van der Waals surface area contributed by atoms with Crippen molar-refractivity contribution >= 4 is 16.9 Å². The Kier molecular flexibility index (Phi) is 3.98. The summed E-state index contributed by atoms with van der Waals surface area (Å²) in [4.78, 5) is 14.2. The van der Waals surface area contributed by atoms with E-state index in [0.29, 0.717) is 17.2 Å². The van der Waals surface area contributed by atoms with Crippen LogP contribution in [0, 0.1) is 0 Å². The van der Waals surface area contributed by atoms with Gasteiger partial charge >= 0.3 is 5.97 Å². The van der Waals surface area contributed by atoms with Crippen LogP contribution in [0.15, 0.2) is 36.6 Å². The van der Waals surface area contributed by atoms with Crippen LogP contribution in [0.1, 0.15) is 25.0 Å². The van der Waals surface area contributed by atoms with Crippen molar-refractivity contribution in [3.63, 3.8) is 0 Å². The molecule has 5 heteroatoms. The maximum Gasteiger partial charge on any atom is 0.307 e. The average Bonchev–Trinajstić information content (AvgIpc) is 2.75. The molecule has 1 aromatic carbocycles. The summed E-state index contributed by atoms with van der Waals surface area (Å²) in [7, 11) is 1.53. The molecule has 2 rings (SSSR count).